The molecule has 10 nitrogen and oxygen atoms in total. The van der Waals surface area contributed by atoms with Gasteiger partial charge in [0, 0.05) is 25.2 Å². The first-order chi connectivity index (χ1) is 16.4. The number of hydrogen-bond donors (Lipinski definition) is 2. The van der Waals surface area contributed by atoms with E-state index in [9.17, 15) is 19.2 Å². The molecule has 0 bridgehead atoms. The van der Waals surface area contributed by atoms with Crippen molar-refractivity contribution in [3.63, 3.8) is 0 Å². The molecule has 1 aromatic carbocycles. The van der Waals surface area contributed by atoms with Crippen LogP contribution in [0.5, 0.6) is 0 Å². The van der Waals surface area contributed by atoms with Gasteiger partial charge < -0.3 is 10.6 Å². The van der Waals surface area contributed by atoms with E-state index in [0.717, 1.165) is 28.3 Å². The van der Waals surface area contributed by atoms with E-state index in [4.69, 9.17) is 0 Å². The van der Waals surface area contributed by atoms with Crippen LogP contribution in [0.1, 0.15) is 39.1 Å². The van der Waals surface area contributed by atoms with Gasteiger partial charge in [0.05, 0.1) is 12.3 Å². The molecule has 0 spiro atoms. The zero-order chi connectivity index (χ0) is 25.9. The Hall–Kier alpha value is -3.47. The van der Waals surface area contributed by atoms with Gasteiger partial charge in [0.1, 0.15) is 16.2 Å². The first-order valence-corrected chi connectivity index (χ1v) is 12.2. The summed E-state index contributed by atoms with van der Waals surface area (Å²) in [7, 11) is 2.93. The molecule has 11 heteroatoms. The lowest BCUT2D eigenvalue weighted by Gasteiger charge is -2.19. The van der Waals surface area contributed by atoms with Gasteiger partial charge in [0.15, 0.2) is 5.65 Å². The second-order valence-electron chi connectivity index (χ2n) is 9.13. The molecule has 0 aliphatic heterocycles. The number of hydrogen-bond acceptors (Lipinski definition) is 7. The largest absolute Gasteiger partial charge is 0.346 e. The number of rotatable bonds is 7. The summed E-state index contributed by atoms with van der Waals surface area (Å²) in [6.07, 6.45) is 0.772. The lowest BCUT2D eigenvalue weighted by molar-refractivity contribution is -0.122. The number of nitrogens with one attached hydrogen (secondary N) is 2. The number of benzene rings is 1. The molecule has 2 aromatic heterocycles. The van der Waals surface area contributed by atoms with Crippen molar-refractivity contribution in [2.45, 2.75) is 44.6 Å². The van der Waals surface area contributed by atoms with Crippen molar-refractivity contribution in [1.29, 1.82) is 0 Å². The molecule has 0 saturated carbocycles. The number of carbonyl (C=O) groups excluding carboxylic acids is 2. The summed E-state index contributed by atoms with van der Waals surface area (Å²) in [6, 6.07) is 7.49. The standard InChI is InChI=1S/C24H30N6O4S/c1-7-14-10-8-9-11-15(14)26-16(31)12-25-17(32)13-35-20-18-19(27-22(28-20)24(2,3)4)29(5)23(34)30(6)21(18)33/h8-11H,7,12-13H2,1-6H3,(H,25,32)(H,26,31). The fourth-order valence-electron chi connectivity index (χ4n) is 3.38. The van der Waals surface area contributed by atoms with Gasteiger partial charge in [-0.3, -0.25) is 23.5 Å². The second kappa shape index (κ2) is 10.4. The molecule has 0 aliphatic rings. The number of para-hydroxylation sites is 1. The highest BCUT2D eigenvalue weighted by Crippen LogP contribution is 2.26. The molecular weight excluding hydrogens is 468 g/mol. The summed E-state index contributed by atoms with van der Waals surface area (Å²) < 4.78 is 2.29. The monoisotopic (exact) mass is 498 g/mol. The van der Waals surface area contributed by atoms with E-state index < -0.39 is 16.7 Å². The molecule has 0 atom stereocenters. The van der Waals surface area contributed by atoms with E-state index >= 15 is 0 Å². The molecule has 0 radical (unpaired) electrons. The molecular formula is C24H30N6O4S. The van der Waals surface area contributed by atoms with Crippen LogP contribution >= 0.6 is 11.8 Å². The lowest BCUT2D eigenvalue weighted by Crippen LogP contribution is -2.38. The molecule has 0 saturated heterocycles. The van der Waals surface area contributed by atoms with E-state index in [1.165, 1.54) is 11.6 Å². The summed E-state index contributed by atoms with van der Waals surface area (Å²) in [6.45, 7) is 7.57. The quantitative estimate of drug-likeness (QED) is 0.375. The van der Waals surface area contributed by atoms with Gasteiger partial charge in [-0.05, 0) is 18.1 Å². The predicted molar refractivity (Wildman–Crippen MR) is 137 cm³/mol. The Morgan fingerprint density at radius 3 is 2.37 bits per heavy atom. The van der Waals surface area contributed by atoms with Crippen LogP contribution < -0.4 is 21.9 Å². The summed E-state index contributed by atoms with van der Waals surface area (Å²) >= 11 is 1.06. The Bertz CT molecular complexity index is 1400. The minimum absolute atomic E-state index is 0.0689. The van der Waals surface area contributed by atoms with Crippen LogP contribution in [0.2, 0.25) is 0 Å². The Balaban J connectivity index is 1.78. The zero-order valence-corrected chi connectivity index (χ0v) is 21.6. The van der Waals surface area contributed by atoms with Crippen LogP contribution in [0.25, 0.3) is 11.0 Å². The van der Waals surface area contributed by atoms with E-state index in [2.05, 4.69) is 20.6 Å². The summed E-state index contributed by atoms with van der Waals surface area (Å²) in [5, 5.41) is 5.89. The molecule has 0 unspecified atom stereocenters. The highest BCUT2D eigenvalue weighted by molar-refractivity contribution is 8.00. The van der Waals surface area contributed by atoms with E-state index in [-0.39, 0.29) is 35.1 Å². The second-order valence-corrected chi connectivity index (χ2v) is 10.1. The lowest BCUT2D eigenvalue weighted by atomic mass is 9.96. The van der Waals surface area contributed by atoms with Gasteiger partial charge in [-0.25, -0.2) is 14.8 Å². The molecule has 2 amide bonds. The molecule has 35 heavy (non-hydrogen) atoms. The van der Waals surface area contributed by atoms with Gasteiger partial charge >= 0.3 is 5.69 Å². The van der Waals surface area contributed by atoms with Crippen molar-refractivity contribution in [3.8, 4) is 0 Å². The van der Waals surface area contributed by atoms with Crippen LogP contribution in [-0.2, 0) is 35.5 Å². The highest BCUT2D eigenvalue weighted by atomic mass is 32.2. The van der Waals surface area contributed by atoms with Crippen LogP contribution in [0.3, 0.4) is 0 Å². The Morgan fingerprint density at radius 2 is 1.71 bits per heavy atom. The third-order valence-electron chi connectivity index (χ3n) is 5.40. The Kier molecular flexibility index (Phi) is 7.79. The topological polar surface area (TPSA) is 128 Å². The molecule has 3 aromatic rings. The maximum Gasteiger partial charge on any atom is 0.332 e. The number of fused-ring (bicyclic) bond motifs is 1. The number of thioether (sulfide) groups is 1. The van der Waals surface area contributed by atoms with Gasteiger partial charge in [0.25, 0.3) is 5.56 Å². The van der Waals surface area contributed by atoms with Crippen molar-refractivity contribution in [1.82, 2.24) is 24.4 Å². The first-order valence-electron chi connectivity index (χ1n) is 11.2. The van der Waals surface area contributed by atoms with Crippen LogP contribution in [0.4, 0.5) is 5.69 Å². The van der Waals surface area contributed by atoms with E-state index in [0.29, 0.717) is 16.5 Å². The molecule has 0 fully saturated rings. The number of aryl methyl sites for hydroxylation is 2. The number of aromatic nitrogens is 4. The molecule has 2 N–H and O–H groups in total. The van der Waals surface area contributed by atoms with Crippen molar-refractivity contribution in [2.24, 2.45) is 14.1 Å². The zero-order valence-electron chi connectivity index (χ0n) is 20.8. The van der Waals surface area contributed by atoms with Crippen molar-refractivity contribution >= 4 is 40.3 Å². The molecule has 186 valence electrons. The average Bonchev–Trinajstić information content (AvgIpc) is 2.82. The third-order valence-corrected chi connectivity index (χ3v) is 6.37. The molecule has 2 heterocycles. The molecule has 3 rings (SSSR count). The van der Waals surface area contributed by atoms with Crippen molar-refractivity contribution < 1.29 is 9.59 Å². The fourth-order valence-corrected chi connectivity index (χ4v) is 4.22. The minimum Gasteiger partial charge on any atom is -0.346 e. The molecule has 0 aliphatic carbocycles. The minimum atomic E-state index is -0.527. The summed E-state index contributed by atoms with van der Waals surface area (Å²) in [4.78, 5) is 59.1. The van der Waals surface area contributed by atoms with Gasteiger partial charge in [0.2, 0.25) is 11.8 Å². The SMILES string of the molecule is CCc1ccccc1NC(=O)CNC(=O)CSc1nc(C(C)(C)C)nc2c1c(=O)n(C)c(=O)n2C. The van der Waals surface area contributed by atoms with Crippen molar-refractivity contribution in [3.05, 3.63) is 56.5 Å². The van der Waals surface area contributed by atoms with Gasteiger partial charge in [-0.1, -0.05) is 57.7 Å². The maximum atomic E-state index is 12.9. The third kappa shape index (κ3) is 5.79. The highest BCUT2D eigenvalue weighted by Gasteiger charge is 2.24. The number of nitrogens with zero attached hydrogens (tertiary/aromatic N) is 4. The number of anilines is 1. The Labute approximate surface area is 207 Å². The summed E-state index contributed by atoms with van der Waals surface area (Å²) in [5.74, 6) is -0.346. The fraction of sp³-hybridized carbons (Fsp3) is 0.417. The van der Waals surface area contributed by atoms with E-state index in [1.54, 1.807) is 7.05 Å². The maximum absolute atomic E-state index is 12.9. The predicted octanol–water partition coefficient (Wildman–Crippen LogP) is 1.73. The van der Waals surface area contributed by atoms with Gasteiger partial charge in [-0.15, -0.1) is 0 Å². The van der Waals surface area contributed by atoms with Gasteiger partial charge in [-0.2, -0.15) is 0 Å². The van der Waals surface area contributed by atoms with Crippen LogP contribution in [0.15, 0.2) is 38.9 Å². The smallest absolute Gasteiger partial charge is 0.332 e. The number of carbonyl (C=O) groups is 2. The Morgan fingerprint density at radius 1 is 1.03 bits per heavy atom. The van der Waals surface area contributed by atoms with Crippen LogP contribution in [-0.4, -0.2) is 43.2 Å². The summed E-state index contributed by atoms with van der Waals surface area (Å²) in [5.41, 5.74) is 0.465. The first kappa shape index (κ1) is 26.1. The van der Waals surface area contributed by atoms with E-state index in [1.807, 2.05) is 52.0 Å². The average molecular weight is 499 g/mol. The normalized spacial score (nSPS) is 11.5. The van der Waals surface area contributed by atoms with Crippen LogP contribution in [0, 0.1) is 0 Å². The number of amides is 2. The van der Waals surface area contributed by atoms with Crippen molar-refractivity contribution in [2.75, 3.05) is 17.6 Å².